The maximum absolute atomic E-state index is 12.0. The fraction of sp³-hybridized carbons (Fsp3) is 0.923. The van der Waals surface area contributed by atoms with Gasteiger partial charge in [-0.05, 0) is 38.1 Å². The van der Waals surface area contributed by atoms with E-state index in [2.05, 4.69) is 5.32 Å². The van der Waals surface area contributed by atoms with Gasteiger partial charge in [-0.2, -0.15) is 13.2 Å². The Bertz CT molecular complexity index is 318. The third-order valence-corrected chi connectivity index (χ3v) is 3.43. The van der Waals surface area contributed by atoms with Crippen molar-refractivity contribution in [3.8, 4) is 0 Å². The number of nitrogens with one attached hydrogen (secondary N) is 1. The third-order valence-electron chi connectivity index (χ3n) is 3.43. The second-order valence-corrected chi connectivity index (χ2v) is 5.25. The van der Waals surface area contributed by atoms with Crippen molar-refractivity contribution in [3.05, 3.63) is 0 Å². The van der Waals surface area contributed by atoms with Gasteiger partial charge in [0.15, 0.2) is 0 Å². The molecule has 4 nitrogen and oxygen atoms in total. The highest BCUT2D eigenvalue weighted by atomic mass is 19.4. The van der Waals surface area contributed by atoms with Crippen LogP contribution in [-0.4, -0.2) is 42.5 Å². The quantitative estimate of drug-likeness (QED) is 0.609. The minimum Gasteiger partial charge on any atom is -0.480 e. The Morgan fingerprint density at radius 1 is 1.40 bits per heavy atom. The fourth-order valence-corrected chi connectivity index (χ4v) is 2.16. The van der Waals surface area contributed by atoms with Crippen molar-refractivity contribution < 1.29 is 27.8 Å². The summed E-state index contributed by atoms with van der Waals surface area (Å²) >= 11 is 0. The number of hydrogen-bond donors (Lipinski definition) is 2. The SMILES string of the molecule is CCCNC(COCCCC(F)(F)F)(C(=O)O)C1CC1. The van der Waals surface area contributed by atoms with Crippen molar-refractivity contribution in [2.24, 2.45) is 5.92 Å². The first-order valence-electron chi connectivity index (χ1n) is 6.94. The van der Waals surface area contributed by atoms with Crippen LogP contribution in [0.15, 0.2) is 0 Å². The lowest BCUT2D eigenvalue weighted by molar-refractivity contribution is -0.151. The van der Waals surface area contributed by atoms with Gasteiger partial charge in [-0.1, -0.05) is 6.92 Å². The van der Waals surface area contributed by atoms with E-state index in [0.717, 1.165) is 19.3 Å². The lowest BCUT2D eigenvalue weighted by Gasteiger charge is -2.30. The largest absolute Gasteiger partial charge is 0.480 e. The number of carboxylic acid groups (broad SMARTS) is 1. The molecule has 1 aliphatic carbocycles. The maximum atomic E-state index is 12.0. The van der Waals surface area contributed by atoms with Crippen LogP contribution in [0.1, 0.15) is 39.0 Å². The minimum atomic E-state index is -4.19. The van der Waals surface area contributed by atoms with Crippen LogP contribution in [0.2, 0.25) is 0 Å². The Morgan fingerprint density at radius 3 is 2.50 bits per heavy atom. The first-order valence-corrected chi connectivity index (χ1v) is 6.94. The van der Waals surface area contributed by atoms with Crippen LogP contribution in [0.3, 0.4) is 0 Å². The topological polar surface area (TPSA) is 58.6 Å². The number of aliphatic carboxylic acids is 1. The minimum absolute atomic E-state index is 0.00849. The number of alkyl halides is 3. The Balaban J connectivity index is 2.42. The lowest BCUT2D eigenvalue weighted by Crippen LogP contribution is -2.57. The molecule has 1 aliphatic rings. The van der Waals surface area contributed by atoms with Crippen molar-refractivity contribution >= 4 is 5.97 Å². The van der Waals surface area contributed by atoms with Gasteiger partial charge in [-0.15, -0.1) is 0 Å². The zero-order valence-electron chi connectivity index (χ0n) is 11.6. The molecule has 0 amide bonds. The summed E-state index contributed by atoms with van der Waals surface area (Å²) in [6, 6.07) is 0. The average Bonchev–Trinajstić information content (AvgIpc) is 3.15. The maximum Gasteiger partial charge on any atom is 0.389 e. The third kappa shape index (κ3) is 5.28. The van der Waals surface area contributed by atoms with Crippen molar-refractivity contribution in [1.82, 2.24) is 5.32 Å². The highest BCUT2D eigenvalue weighted by Crippen LogP contribution is 2.40. The number of halogens is 3. The molecule has 0 radical (unpaired) electrons. The van der Waals surface area contributed by atoms with Crippen LogP contribution in [0.25, 0.3) is 0 Å². The van der Waals surface area contributed by atoms with Gasteiger partial charge >= 0.3 is 12.1 Å². The Morgan fingerprint density at radius 2 is 2.05 bits per heavy atom. The number of ether oxygens (including phenoxy) is 1. The van der Waals surface area contributed by atoms with E-state index in [1.807, 2.05) is 6.92 Å². The first-order chi connectivity index (χ1) is 9.32. The Hall–Kier alpha value is -0.820. The summed E-state index contributed by atoms with van der Waals surface area (Å²) in [5, 5.41) is 12.4. The molecule has 0 bridgehead atoms. The molecule has 1 saturated carbocycles. The van der Waals surface area contributed by atoms with Crippen molar-refractivity contribution in [1.29, 1.82) is 0 Å². The molecule has 0 heterocycles. The molecule has 0 aromatic carbocycles. The summed E-state index contributed by atoms with van der Waals surface area (Å²) in [6.07, 6.45) is -2.82. The van der Waals surface area contributed by atoms with Gasteiger partial charge in [0.05, 0.1) is 6.61 Å². The van der Waals surface area contributed by atoms with Crippen molar-refractivity contribution in [2.45, 2.75) is 50.7 Å². The zero-order valence-corrected chi connectivity index (χ0v) is 11.6. The van der Waals surface area contributed by atoms with Gasteiger partial charge in [-0.25, -0.2) is 0 Å². The van der Waals surface area contributed by atoms with E-state index in [0.29, 0.717) is 6.54 Å². The molecular formula is C13H22F3NO3. The van der Waals surface area contributed by atoms with E-state index in [9.17, 15) is 23.1 Å². The average molecular weight is 297 g/mol. The van der Waals surface area contributed by atoms with Crippen LogP contribution in [0.5, 0.6) is 0 Å². The van der Waals surface area contributed by atoms with Crippen LogP contribution >= 0.6 is 0 Å². The number of rotatable bonds is 10. The molecule has 7 heteroatoms. The molecule has 1 fully saturated rings. The standard InChI is InChI=1S/C13H22F3NO3/c1-2-7-17-12(11(18)19,10-4-5-10)9-20-8-3-6-13(14,15)16/h10,17H,2-9H2,1H3,(H,18,19). The summed E-state index contributed by atoms with van der Waals surface area (Å²) in [7, 11) is 0. The monoisotopic (exact) mass is 297 g/mol. The fourth-order valence-electron chi connectivity index (χ4n) is 2.16. The smallest absolute Gasteiger partial charge is 0.389 e. The normalized spacial score (nSPS) is 18.8. The highest BCUT2D eigenvalue weighted by Gasteiger charge is 2.51. The molecule has 1 atom stereocenters. The molecule has 2 N–H and O–H groups in total. The van der Waals surface area contributed by atoms with E-state index >= 15 is 0 Å². The molecule has 0 aromatic rings. The second kappa shape index (κ2) is 7.26. The van der Waals surface area contributed by atoms with Gasteiger partial charge in [-0.3, -0.25) is 10.1 Å². The lowest BCUT2D eigenvalue weighted by atomic mass is 9.94. The summed E-state index contributed by atoms with van der Waals surface area (Å²) in [5.41, 5.74) is -1.14. The molecule has 0 spiro atoms. The molecule has 118 valence electrons. The molecular weight excluding hydrogens is 275 g/mol. The number of carbonyl (C=O) groups is 1. The predicted octanol–water partition coefficient (Wildman–Crippen LogP) is 2.58. The van der Waals surface area contributed by atoms with Crippen LogP contribution in [0, 0.1) is 5.92 Å². The summed E-state index contributed by atoms with van der Waals surface area (Å²) in [5.74, 6) is -0.974. The predicted molar refractivity (Wildman–Crippen MR) is 67.5 cm³/mol. The second-order valence-electron chi connectivity index (χ2n) is 5.25. The van der Waals surface area contributed by atoms with Crippen LogP contribution in [0.4, 0.5) is 13.2 Å². The van der Waals surface area contributed by atoms with Gasteiger partial charge < -0.3 is 9.84 Å². The van der Waals surface area contributed by atoms with Crippen LogP contribution in [-0.2, 0) is 9.53 Å². The molecule has 1 unspecified atom stereocenters. The molecule has 0 saturated heterocycles. The Labute approximate surface area is 116 Å². The summed E-state index contributed by atoms with van der Waals surface area (Å²) in [4.78, 5) is 11.5. The van der Waals surface area contributed by atoms with Gasteiger partial charge in [0.1, 0.15) is 5.54 Å². The highest BCUT2D eigenvalue weighted by molar-refractivity contribution is 5.80. The van der Waals surface area contributed by atoms with E-state index < -0.39 is 24.1 Å². The van der Waals surface area contributed by atoms with E-state index in [1.165, 1.54) is 0 Å². The first kappa shape index (κ1) is 17.2. The van der Waals surface area contributed by atoms with Crippen LogP contribution < -0.4 is 5.32 Å². The van der Waals surface area contributed by atoms with E-state index in [1.54, 1.807) is 0 Å². The summed E-state index contributed by atoms with van der Waals surface area (Å²) in [6.45, 7) is 2.32. The van der Waals surface area contributed by atoms with E-state index in [4.69, 9.17) is 4.74 Å². The molecule has 0 aromatic heterocycles. The zero-order chi connectivity index (χ0) is 15.2. The van der Waals surface area contributed by atoms with E-state index in [-0.39, 0.29) is 25.6 Å². The van der Waals surface area contributed by atoms with Crippen molar-refractivity contribution in [2.75, 3.05) is 19.8 Å². The molecule has 1 rings (SSSR count). The molecule has 20 heavy (non-hydrogen) atoms. The van der Waals surface area contributed by atoms with Gasteiger partial charge in [0.25, 0.3) is 0 Å². The Kier molecular flexibility index (Phi) is 6.26. The van der Waals surface area contributed by atoms with Gasteiger partial charge in [0.2, 0.25) is 0 Å². The van der Waals surface area contributed by atoms with Crippen molar-refractivity contribution in [3.63, 3.8) is 0 Å². The summed E-state index contributed by atoms with van der Waals surface area (Å²) < 4.78 is 41.2. The number of hydrogen-bond acceptors (Lipinski definition) is 3. The number of carboxylic acids is 1. The van der Waals surface area contributed by atoms with Gasteiger partial charge in [0, 0.05) is 13.0 Å². The molecule has 0 aliphatic heterocycles.